The summed E-state index contributed by atoms with van der Waals surface area (Å²) in [5.41, 5.74) is 0.146. The highest BCUT2D eigenvalue weighted by Gasteiger charge is 2.29. The van der Waals surface area contributed by atoms with E-state index in [9.17, 15) is 14.4 Å². The third kappa shape index (κ3) is 2.54. The molecule has 0 saturated carbocycles. The van der Waals surface area contributed by atoms with Gasteiger partial charge in [-0.25, -0.2) is 9.78 Å². The predicted octanol–water partition coefficient (Wildman–Crippen LogP) is -0.260. The molecule has 0 aliphatic carbocycles. The molecule has 0 bridgehead atoms. The van der Waals surface area contributed by atoms with E-state index in [0.717, 1.165) is 0 Å². The van der Waals surface area contributed by atoms with Gasteiger partial charge in [0, 0.05) is 19.3 Å². The molecule has 2 rings (SSSR count). The average Bonchev–Trinajstić information content (AvgIpc) is 2.41. The van der Waals surface area contributed by atoms with E-state index >= 15 is 0 Å². The summed E-state index contributed by atoms with van der Waals surface area (Å²) in [4.78, 5) is 39.5. The van der Waals surface area contributed by atoms with Gasteiger partial charge in [0.2, 0.25) is 5.91 Å². The number of nitrogens with one attached hydrogen (secondary N) is 1. The Morgan fingerprint density at radius 3 is 2.79 bits per heavy atom. The lowest BCUT2D eigenvalue weighted by Crippen LogP contribution is -2.55. The fourth-order valence-electron chi connectivity index (χ4n) is 1.87. The lowest BCUT2D eigenvalue weighted by molar-refractivity contribution is -0.127. The van der Waals surface area contributed by atoms with Crippen LogP contribution < -0.4 is 5.32 Å². The summed E-state index contributed by atoms with van der Waals surface area (Å²) in [5.74, 6) is -1.67. The van der Waals surface area contributed by atoms with E-state index in [0.29, 0.717) is 13.1 Å². The van der Waals surface area contributed by atoms with Gasteiger partial charge in [-0.1, -0.05) is 0 Å². The van der Waals surface area contributed by atoms with Crippen molar-refractivity contribution < 1.29 is 19.5 Å². The molecule has 2 heterocycles. The minimum absolute atomic E-state index is 0.124. The summed E-state index contributed by atoms with van der Waals surface area (Å²) in [7, 11) is 0. The second kappa shape index (κ2) is 5.05. The molecule has 0 aromatic carbocycles. The Morgan fingerprint density at radius 1 is 1.47 bits per heavy atom. The fourth-order valence-corrected chi connectivity index (χ4v) is 1.87. The van der Waals surface area contributed by atoms with Gasteiger partial charge in [0.15, 0.2) is 0 Å². The summed E-state index contributed by atoms with van der Waals surface area (Å²) in [6.07, 6.45) is 1.21. The van der Waals surface area contributed by atoms with Crippen molar-refractivity contribution in [3.05, 3.63) is 29.6 Å². The van der Waals surface area contributed by atoms with Crippen LogP contribution in [0.4, 0.5) is 0 Å². The lowest BCUT2D eigenvalue weighted by atomic mass is 10.1. The number of amides is 2. The fraction of sp³-hybridized carbons (Fsp3) is 0.333. The monoisotopic (exact) mass is 263 g/mol. The molecule has 1 atom stereocenters. The largest absolute Gasteiger partial charge is 0.477 e. The maximum absolute atomic E-state index is 12.2. The first-order valence-electron chi connectivity index (χ1n) is 5.78. The highest BCUT2D eigenvalue weighted by atomic mass is 16.4. The van der Waals surface area contributed by atoms with Crippen LogP contribution in [0.3, 0.4) is 0 Å². The topological polar surface area (TPSA) is 99.6 Å². The van der Waals surface area contributed by atoms with Gasteiger partial charge in [0.25, 0.3) is 5.91 Å². The molecule has 2 amide bonds. The standard InChI is InChI=1S/C12H13N3O4/c1-7-10(16)13-4-5-15(7)11(17)8-2-3-9(12(18)19)14-6-8/h2-3,6-7H,4-5H2,1H3,(H,13,16)(H,18,19)/t7-/m1/s1. The number of carboxylic acid groups (broad SMARTS) is 1. The molecule has 7 nitrogen and oxygen atoms in total. The molecule has 1 saturated heterocycles. The highest BCUT2D eigenvalue weighted by molar-refractivity contribution is 5.98. The van der Waals surface area contributed by atoms with Gasteiger partial charge < -0.3 is 15.3 Å². The van der Waals surface area contributed by atoms with Crippen LogP contribution in [-0.4, -0.2) is 51.9 Å². The molecule has 1 aromatic heterocycles. The van der Waals surface area contributed by atoms with Crippen molar-refractivity contribution in [3.8, 4) is 0 Å². The van der Waals surface area contributed by atoms with Crippen molar-refractivity contribution in [2.45, 2.75) is 13.0 Å². The second-order valence-corrected chi connectivity index (χ2v) is 4.20. The number of hydrogen-bond donors (Lipinski definition) is 2. The third-order valence-corrected chi connectivity index (χ3v) is 2.99. The van der Waals surface area contributed by atoms with Gasteiger partial charge in [0.05, 0.1) is 5.56 Å². The minimum Gasteiger partial charge on any atom is -0.477 e. The van der Waals surface area contributed by atoms with Gasteiger partial charge in [-0.05, 0) is 19.1 Å². The van der Waals surface area contributed by atoms with Crippen molar-refractivity contribution in [1.29, 1.82) is 0 Å². The molecule has 2 N–H and O–H groups in total. The summed E-state index contributed by atoms with van der Waals surface area (Å²) in [6.45, 7) is 2.48. The van der Waals surface area contributed by atoms with E-state index in [-0.39, 0.29) is 23.1 Å². The van der Waals surface area contributed by atoms with Crippen LogP contribution in [0.25, 0.3) is 0 Å². The van der Waals surface area contributed by atoms with Crippen molar-refractivity contribution >= 4 is 17.8 Å². The van der Waals surface area contributed by atoms with Crippen LogP contribution >= 0.6 is 0 Å². The molecule has 100 valence electrons. The van der Waals surface area contributed by atoms with E-state index in [1.807, 2.05) is 0 Å². The summed E-state index contributed by atoms with van der Waals surface area (Å²) < 4.78 is 0. The molecule has 19 heavy (non-hydrogen) atoms. The van der Waals surface area contributed by atoms with E-state index in [2.05, 4.69) is 10.3 Å². The third-order valence-electron chi connectivity index (χ3n) is 2.99. The molecule has 0 unspecified atom stereocenters. The van der Waals surface area contributed by atoms with Gasteiger partial charge in [-0.15, -0.1) is 0 Å². The zero-order valence-corrected chi connectivity index (χ0v) is 10.3. The number of carboxylic acids is 1. The highest BCUT2D eigenvalue weighted by Crippen LogP contribution is 2.11. The molecule has 1 aromatic rings. The van der Waals surface area contributed by atoms with Gasteiger partial charge in [-0.3, -0.25) is 9.59 Å². The molecule has 1 fully saturated rings. The first-order valence-corrected chi connectivity index (χ1v) is 5.78. The summed E-state index contributed by atoms with van der Waals surface area (Å²) in [5, 5.41) is 11.4. The van der Waals surface area contributed by atoms with Gasteiger partial charge in [-0.2, -0.15) is 0 Å². The van der Waals surface area contributed by atoms with Crippen LogP contribution in [0.15, 0.2) is 18.3 Å². The second-order valence-electron chi connectivity index (χ2n) is 4.20. The number of aromatic carboxylic acids is 1. The number of nitrogens with zero attached hydrogens (tertiary/aromatic N) is 2. The van der Waals surface area contributed by atoms with Crippen LogP contribution in [0.2, 0.25) is 0 Å². The number of aromatic nitrogens is 1. The smallest absolute Gasteiger partial charge is 0.354 e. The number of piperazine rings is 1. The number of rotatable bonds is 2. The maximum atomic E-state index is 12.2. The SMILES string of the molecule is C[C@@H]1C(=O)NCCN1C(=O)c1ccc(C(=O)O)nc1. The average molecular weight is 263 g/mol. The molecule has 7 heteroatoms. The Kier molecular flexibility index (Phi) is 3.46. The van der Waals surface area contributed by atoms with Gasteiger partial charge in [0.1, 0.15) is 11.7 Å². The molecular weight excluding hydrogens is 250 g/mol. The van der Waals surface area contributed by atoms with E-state index in [1.54, 1.807) is 6.92 Å². The zero-order chi connectivity index (χ0) is 14.0. The van der Waals surface area contributed by atoms with E-state index in [4.69, 9.17) is 5.11 Å². The Hall–Kier alpha value is -2.44. The Bertz CT molecular complexity index is 526. The number of carbonyl (C=O) groups excluding carboxylic acids is 2. The van der Waals surface area contributed by atoms with Crippen LogP contribution in [0.1, 0.15) is 27.8 Å². The normalized spacial score (nSPS) is 18.9. The van der Waals surface area contributed by atoms with Crippen molar-refractivity contribution in [3.63, 3.8) is 0 Å². The molecular formula is C12H13N3O4. The molecule has 1 aliphatic heterocycles. The first-order chi connectivity index (χ1) is 9.00. The summed E-state index contributed by atoms with van der Waals surface area (Å²) in [6, 6.07) is 2.13. The number of hydrogen-bond acceptors (Lipinski definition) is 4. The van der Waals surface area contributed by atoms with Crippen LogP contribution in [0.5, 0.6) is 0 Å². The predicted molar refractivity (Wildman–Crippen MR) is 64.7 cm³/mol. The minimum atomic E-state index is -1.15. The van der Waals surface area contributed by atoms with E-state index in [1.165, 1.54) is 23.2 Å². The quantitative estimate of drug-likeness (QED) is 0.765. The number of carbonyl (C=O) groups is 3. The number of pyridine rings is 1. The van der Waals surface area contributed by atoms with Crippen molar-refractivity contribution in [1.82, 2.24) is 15.2 Å². The van der Waals surface area contributed by atoms with Crippen LogP contribution in [0, 0.1) is 0 Å². The Balaban J connectivity index is 2.19. The Morgan fingerprint density at radius 2 is 2.21 bits per heavy atom. The molecule has 0 spiro atoms. The van der Waals surface area contributed by atoms with E-state index < -0.39 is 12.0 Å². The summed E-state index contributed by atoms with van der Waals surface area (Å²) >= 11 is 0. The molecule has 1 aliphatic rings. The first kappa shape index (κ1) is 13.0. The van der Waals surface area contributed by atoms with Crippen LogP contribution in [-0.2, 0) is 4.79 Å². The Labute approximate surface area is 109 Å². The van der Waals surface area contributed by atoms with Crippen molar-refractivity contribution in [2.24, 2.45) is 0 Å². The van der Waals surface area contributed by atoms with Crippen molar-refractivity contribution in [2.75, 3.05) is 13.1 Å². The van der Waals surface area contributed by atoms with Gasteiger partial charge >= 0.3 is 5.97 Å². The molecule has 0 radical (unpaired) electrons. The lowest BCUT2D eigenvalue weighted by Gasteiger charge is -2.32. The zero-order valence-electron chi connectivity index (χ0n) is 10.3. The maximum Gasteiger partial charge on any atom is 0.354 e.